The predicted molar refractivity (Wildman–Crippen MR) is 80.9 cm³/mol. The highest BCUT2D eigenvalue weighted by atomic mass is 35.5. The number of benzene rings is 1. The molecule has 19 heavy (non-hydrogen) atoms. The molecule has 3 nitrogen and oxygen atoms in total. The molecule has 1 heterocycles. The molecule has 0 saturated carbocycles. The molecular formula is C15H23ClN2O. The molecule has 0 aromatic heterocycles. The minimum absolute atomic E-state index is 0.290. The molecule has 1 aliphatic rings. The van der Waals surface area contributed by atoms with Gasteiger partial charge in [-0.2, -0.15) is 0 Å². The van der Waals surface area contributed by atoms with Crippen LogP contribution in [0, 0.1) is 5.92 Å². The first-order valence-corrected chi connectivity index (χ1v) is 7.48. The Morgan fingerprint density at radius 3 is 3.05 bits per heavy atom. The van der Waals surface area contributed by atoms with Crippen LogP contribution in [0.4, 0.5) is 5.69 Å². The van der Waals surface area contributed by atoms with Crippen molar-refractivity contribution in [2.24, 2.45) is 5.92 Å². The van der Waals surface area contributed by atoms with Crippen LogP contribution < -0.4 is 10.2 Å². The molecule has 0 amide bonds. The number of rotatable bonds is 6. The normalized spacial score (nSPS) is 19.1. The number of aliphatic hydroxyl groups is 1. The van der Waals surface area contributed by atoms with Crippen LogP contribution in [0.3, 0.4) is 0 Å². The van der Waals surface area contributed by atoms with E-state index in [0.29, 0.717) is 5.92 Å². The smallest absolute Gasteiger partial charge is 0.0471 e. The Morgan fingerprint density at radius 2 is 2.32 bits per heavy atom. The average molecular weight is 283 g/mol. The van der Waals surface area contributed by atoms with Crippen molar-refractivity contribution in [2.75, 3.05) is 31.1 Å². The lowest BCUT2D eigenvalue weighted by molar-refractivity contribution is 0.263. The maximum atomic E-state index is 9.05. The molecule has 1 fully saturated rings. The largest absolute Gasteiger partial charge is 0.396 e. The average Bonchev–Trinajstić information content (AvgIpc) is 2.86. The lowest BCUT2D eigenvalue weighted by atomic mass is 10.1. The van der Waals surface area contributed by atoms with Gasteiger partial charge < -0.3 is 15.3 Å². The van der Waals surface area contributed by atoms with E-state index in [1.165, 1.54) is 11.3 Å². The Kier molecular flexibility index (Phi) is 5.49. The van der Waals surface area contributed by atoms with Crippen molar-refractivity contribution < 1.29 is 5.11 Å². The topological polar surface area (TPSA) is 35.5 Å². The Bertz CT molecular complexity index is 411. The van der Waals surface area contributed by atoms with Gasteiger partial charge in [-0.15, -0.1) is 0 Å². The van der Waals surface area contributed by atoms with Crippen LogP contribution in [0.5, 0.6) is 0 Å². The molecule has 1 atom stereocenters. The van der Waals surface area contributed by atoms with E-state index >= 15 is 0 Å². The second kappa shape index (κ2) is 7.13. The van der Waals surface area contributed by atoms with Gasteiger partial charge in [-0.3, -0.25) is 0 Å². The van der Waals surface area contributed by atoms with Gasteiger partial charge in [0.2, 0.25) is 0 Å². The van der Waals surface area contributed by atoms with Crippen LogP contribution in [0.1, 0.15) is 25.3 Å². The van der Waals surface area contributed by atoms with Crippen LogP contribution in [-0.4, -0.2) is 31.3 Å². The van der Waals surface area contributed by atoms with Crippen molar-refractivity contribution in [1.82, 2.24) is 5.32 Å². The molecule has 2 N–H and O–H groups in total. The van der Waals surface area contributed by atoms with E-state index in [0.717, 1.165) is 44.0 Å². The zero-order valence-electron chi connectivity index (χ0n) is 11.5. The Balaban J connectivity index is 2.13. The maximum absolute atomic E-state index is 9.05. The SMILES string of the molecule is CCNCc1c(Cl)cccc1N1CCC(CCO)C1. The van der Waals surface area contributed by atoms with Gasteiger partial charge in [-0.25, -0.2) is 0 Å². The molecule has 1 unspecified atom stereocenters. The lowest BCUT2D eigenvalue weighted by Gasteiger charge is -2.23. The number of nitrogens with one attached hydrogen (secondary N) is 1. The fraction of sp³-hybridized carbons (Fsp3) is 0.600. The molecule has 4 heteroatoms. The van der Waals surface area contributed by atoms with Crippen LogP contribution in [-0.2, 0) is 6.54 Å². The van der Waals surface area contributed by atoms with E-state index in [-0.39, 0.29) is 6.61 Å². The first-order chi connectivity index (χ1) is 9.26. The number of nitrogens with zero attached hydrogens (tertiary/aromatic N) is 1. The van der Waals surface area contributed by atoms with Gasteiger partial charge in [0.15, 0.2) is 0 Å². The summed E-state index contributed by atoms with van der Waals surface area (Å²) < 4.78 is 0. The zero-order valence-corrected chi connectivity index (χ0v) is 12.3. The molecule has 1 aromatic rings. The second-order valence-electron chi connectivity index (χ2n) is 5.13. The van der Waals surface area contributed by atoms with E-state index in [1.807, 2.05) is 12.1 Å². The minimum Gasteiger partial charge on any atom is -0.396 e. The fourth-order valence-corrected chi connectivity index (χ4v) is 2.97. The zero-order chi connectivity index (χ0) is 13.7. The third-order valence-corrected chi connectivity index (χ3v) is 4.16. The highest BCUT2D eigenvalue weighted by Gasteiger charge is 2.24. The summed E-state index contributed by atoms with van der Waals surface area (Å²) in [6.07, 6.45) is 2.06. The van der Waals surface area contributed by atoms with E-state index in [1.54, 1.807) is 0 Å². The lowest BCUT2D eigenvalue weighted by Crippen LogP contribution is -2.23. The third kappa shape index (κ3) is 3.62. The molecule has 2 rings (SSSR count). The molecular weight excluding hydrogens is 260 g/mol. The minimum atomic E-state index is 0.290. The van der Waals surface area contributed by atoms with Crippen molar-refractivity contribution in [2.45, 2.75) is 26.3 Å². The molecule has 0 radical (unpaired) electrons. The molecule has 1 aromatic carbocycles. The summed E-state index contributed by atoms with van der Waals surface area (Å²) in [5.41, 5.74) is 2.43. The molecule has 0 aliphatic carbocycles. The number of anilines is 1. The summed E-state index contributed by atoms with van der Waals surface area (Å²) in [5.74, 6) is 0.607. The van der Waals surface area contributed by atoms with Gasteiger partial charge in [0.25, 0.3) is 0 Å². The van der Waals surface area contributed by atoms with Gasteiger partial charge in [0.1, 0.15) is 0 Å². The molecule has 1 aliphatic heterocycles. The molecule has 106 valence electrons. The first kappa shape index (κ1) is 14.6. The van der Waals surface area contributed by atoms with Crippen molar-refractivity contribution in [3.63, 3.8) is 0 Å². The summed E-state index contributed by atoms with van der Waals surface area (Å²) in [7, 11) is 0. The van der Waals surface area contributed by atoms with Gasteiger partial charge in [-0.1, -0.05) is 24.6 Å². The molecule has 1 saturated heterocycles. The predicted octanol–water partition coefficient (Wildman–Crippen LogP) is 2.66. The van der Waals surface area contributed by atoms with Gasteiger partial charge in [0, 0.05) is 42.5 Å². The van der Waals surface area contributed by atoms with Crippen LogP contribution >= 0.6 is 11.6 Å². The van der Waals surface area contributed by atoms with E-state index in [2.05, 4.69) is 23.2 Å². The quantitative estimate of drug-likeness (QED) is 0.842. The van der Waals surface area contributed by atoms with Crippen LogP contribution in [0.2, 0.25) is 5.02 Å². The summed E-state index contributed by atoms with van der Waals surface area (Å²) >= 11 is 6.33. The molecule has 0 bridgehead atoms. The van der Waals surface area contributed by atoms with Crippen LogP contribution in [0.25, 0.3) is 0 Å². The van der Waals surface area contributed by atoms with E-state index in [4.69, 9.17) is 16.7 Å². The fourth-order valence-electron chi connectivity index (χ4n) is 2.74. The number of aliphatic hydroxyl groups excluding tert-OH is 1. The Morgan fingerprint density at radius 1 is 1.47 bits per heavy atom. The van der Waals surface area contributed by atoms with Crippen molar-refractivity contribution >= 4 is 17.3 Å². The summed E-state index contributed by atoms with van der Waals surface area (Å²) in [6.45, 7) is 6.23. The van der Waals surface area contributed by atoms with Crippen molar-refractivity contribution in [1.29, 1.82) is 0 Å². The monoisotopic (exact) mass is 282 g/mol. The number of hydrogen-bond acceptors (Lipinski definition) is 3. The Hall–Kier alpha value is -0.770. The first-order valence-electron chi connectivity index (χ1n) is 7.10. The highest BCUT2D eigenvalue weighted by Crippen LogP contribution is 2.32. The van der Waals surface area contributed by atoms with Crippen molar-refractivity contribution in [3.05, 3.63) is 28.8 Å². The van der Waals surface area contributed by atoms with Gasteiger partial charge in [0.05, 0.1) is 0 Å². The maximum Gasteiger partial charge on any atom is 0.0471 e. The highest BCUT2D eigenvalue weighted by molar-refractivity contribution is 6.31. The van der Waals surface area contributed by atoms with Gasteiger partial charge >= 0.3 is 0 Å². The summed E-state index contributed by atoms with van der Waals surface area (Å²) in [4.78, 5) is 2.40. The van der Waals surface area contributed by atoms with E-state index in [9.17, 15) is 0 Å². The number of hydrogen-bond donors (Lipinski definition) is 2. The second-order valence-corrected chi connectivity index (χ2v) is 5.54. The standard InChI is InChI=1S/C15H23ClN2O/c1-2-17-10-13-14(16)4-3-5-15(13)18-8-6-12(11-18)7-9-19/h3-5,12,17,19H,2,6-11H2,1H3. The van der Waals surface area contributed by atoms with Crippen molar-refractivity contribution in [3.8, 4) is 0 Å². The summed E-state index contributed by atoms with van der Waals surface area (Å²) in [5, 5.41) is 13.2. The third-order valence-electron chi connectivity index (χ3n) is 3.81. The Labute approximate surface area is 120 Å². The summed E-state index contributed by atoms with van der Waals surface area (Å²) in [6, 6.07) is 6.13. The number of halogens is 1. The van der Waals surface area contributed by atoms with Gasteiger partial charge in [-0.05, 0) is 37.4 Å². The molecule has 0 spiro atoms. The van der Waals surface area contributed by atoms with Crippen LogP contribution in [0.15, 0.2) is 18.2 Å². The van der Waals surface area contributed by atoms with E-state index < -0.39 is 0 Å².